The molecular weight excluding hydrogens is 425 g/mol. The minimum atomic E-state index is -3.84. The number of phosphoric acid groups is 1. The van der Waals surface area contributed by atoms with E-state index in [4.69, 9.17) is 24.0 Å². The first-order valence-electron chi connectivity index (χ1n) is 9.80. The summed E-state index contributed by atoms with van der Waals surface area (Å²) < 4.78 is 35.5. The fourth-order valence-electron chi connectivity index (χ4n) is 2.24. The largest absolute Gasteiger partial charge is 0.530 e. The van der Waals surface area contributed by atoms with E-state index < -0.39 is 30.1 Å². The van der Waals surface area contributed by atoms with Gasteiger partial charge in [-0.25, -0.2) is 9.36 Å². The van der Waals surface area contributed by atoms with Crippen molar-refractivity contribution in [2.24, 2.45) is 5.73 Å². The maximum atomic E-state index is 13.4. The molecule has 0 heterocycles. The molecule has 0 unspecified atom stereocenters. The highest BCUT2D eigenvalue weighted by Crippen LogP contribution is 2.51. The first kappa shape index (κ1) is 25.9. The lowest BCUT2D eigenvalue weighted by atomic mass is 10.1. The zero-order chi connectivity index (χ0) is 22.3. The van der Waals surface area contributed by atoms with Crippen LogP contribution in [0.15, 0.2) is 18.2 Å². The Balaban J connectivity index is 3.03. The number of rotatable bonds is 12. The van der Waals surface area contributed by atoms with E-state index in [1.54, 1.807) is 12.1 Å². The van der Waals surface area contributed by atoms with Gasteiger partial charge in [-0.2, -0.15) is 0 Å². The fraction of sp³-hybridized carbons (Fsp3) is 0.632. The summed E-state index contributed by atoms with van der Waals surface area (Å²) in [5.41, 5.74) is 6.35. The average molecular weight is 462 g/mol. The van der Waals surface area contributed by atoms with Crippen molar-refractivity contribution in [1.82, 2.24) is 0 Å². The van der Waals surface area contributed by atoms with Gasteiger partial charge in [-0.3, -0.25) is 9.05 Å². The van der Waals surface area contributed by atoms with Crippen molar-refractivity contribution < 1.29 is 27.7 Å². The number of primary amides is 1. The quantitative estimate of drug-likeness (QED) is 0.313. The number of amides is 1. The van der Waals surface area contributed by atoms with E-state index in [9.17, 15) is 9.36 Å². The highest BCUT2D eigenvalue weighted by molar-refractivity contribution is 7.49. The first-order chi connectivity index (χ1) is 13.2. The molecule has 0 aliphatic heterocycles. The van der Waals surface area contributed by atoms with Crippen LogP contribution in [-0.2, 0) is 25.0 Å². The summed E-state index contributed by atoms with van der Waals surface area (Å²) in [6.45, 7) is 15.6. The summed E-state index contributed by atoms with van der Waals surface area (Å²) in [7, 11) is -6.60. The molecule has 1 amide bonds. The normalized spacial score (nSPS) is 12.7. The van der Waals surface area contributed by atoms with Gasteiger partial charge < -0.3 is 15.0 Å². The van der Waals surface area contributed by atoms with Crippen molar-refractivity contribution in [3.05, 3.63) is 29.3 Å². The molecule has 0 aliphatic rings. The third-order valence-electron chi connectivity index (χ3n) is 4.07. The molecule has 0 bridgehead atoms. The second-order valence-corrected chi connectivity index (χ2v) is 22.3. The fourth-order valence-corrected chi connectivity index (χ4v) is 5.30. The Morgan fingerprint density at radius 1 is 1.00 bits per heavy atom. The summed E-state index contributed by atoms with van der Waals surface area (Å²) in [6, 6.07) is 7.01. The zero-order valence-corrected chi connectivity index (χ0v) is 21.6. The van der Waals surface area contributed by atoms with Crippen LogP contribution in [0.4, 0.5) is 4.79 Å². The van der Waals surface area contributed by atoms with Crippen LogP contribution in [0, 0.1) is 6.92 Å². The van der Waals surface area contributed by atoms with Crippen molar-refractivity contribution in [3.63, 3.8) is 0 Å². The summed E-state index contributed by atoms with van der Waals surface area (Å²) in [5.74, 6) is 0.332. The summed E-state index contributed by atoms with van der Waals surface area (Å²) in [6.07, 6.45) is -0.890. The monoisotopic (exact) mass is 461 g/mol. The van der Waals surface area contributed by atoms with Crippen LogP contribution in [0.25, 0.3) is 0 Å². The smallest absolute Gasteiger partial charge is 0.445 e. The molecule has 0 aliphatic carbocycles. The van der Waals surface area contributed by atoms with Gasteiger partial charge in [0.05, 0.1) is 13.2 Å². The Kier molecular flexibility index (Phi) is 9.62. The van der Waals surface area contributed by atoms with Gasteiger partial charge in [0.1, 0.15) is 12.4 Å². The van der Waals surface area contributed by atoms with Crippen molar-refractivity contribution in [1.29, 1.82) is 0 Å². The maximum Gasteiger partial charge on any atom is 0.530 e. The Bertz CT molecular complexity index is 706. The lowest BCUT2D eigenvalue weighted by Gasteiger charge is -2.24. The molecule has 0 aromatic heterocycles. The van der Waals surface area contributed by atoms with Gasteiger partial charge in [-0.05, 0) is 24.6 Å². The number of hydrogen-bond donors (Lipinski definition) is 1. The standard InChI is InChI=1S/C19H36NO6PSi2/c1-16-9-8-10-17(15-23-19(20)21)18(16)26-27(22,24-11-13-28(2,3)4)25-12-14-29(5,6)7/h8-10H,11-15H2,1-7H3,(H2,20,21). The van der Waals surface area contributed by atoms with Crippen molar-refractivity contribution in [3.8, 4) is 5.75 Å². The van der Waals surface area contributed by atoms with Crippen molar-refractivity contribution >= 4 is 30.1 Å². The molecule has 1 aromatic rings. The summed E-state index contributed by atoms with van der Waals surface area (Å²) >= 11 is 0. The predicted molar refractivity (Wildman–Crippen MR) is 122 cm³/mol. The van der Waals surface area contributed by atoms with Crippen LogP contribution < -0.4 is 10.3 Å². The van der Waals surface area contributed by atoms with Crippen molar-refractivity contribution in [2.45, 2.75) is 64.9 Å². The lowest BCUT2D eigenvalue weighted by Crippen LogP contribution is -2.23. The number of ether oxygens (including phenoxy) is 1. The molecule has 0 atom stereocenters. The molecule has 1 rings (SSSR count). The molecular formula is C19H36NO6PSi2. The SMILES string of the molecule is Cc1cccc(COC(N)=O)c1OP(=O)(OCC[Si](C)(C)C)OCC[Si](C)(C)C. The number of phosphoric ester groups is 1. The maximum absolute atomic E-state index is 13.4. The number of benzene rings is 1. The highest BCUT2D eigenvalue weighted by Gasteiger charge is 2.32. The van der Waals surface area contributed by atoms with E-state index in [0.29, 0.717) is 24.5 Å². The molecule has 1 aromatic carbocycles. The molecule has 0 radical (unpaired) electrons. The van der Waals surface area contributed by atoms with Gasteiger partial charge in [0.2, 0.25) is 0 Å². The highest BCUT2D eigenvalue weighted by atomic mass is 31.2. The van der Waals surface area contributed by atoms with Crippen LogP contribution in [-0.4, -0.2) is 35.5 Å². The summed E-state index contributed by atoms with van der Waals surface area (Å²) in [4.78, 5) is 11.0. The third kappa shape index (κ3) is 11.0. The molecule has 0 fully saturated rings. The Hall–Kier alpha value is -1.13. The van der Waals surface area contributed by atoms with Crippen LogP contribution in [0.3, 0.4) is 0 Å². The van der Waals surface area contributed by atoms with Gasteiger partial charge in [0.15, 0.2) is 0 Å². The van der Waals surface area contributed by atoms with Crippen LogP contribution >= 0.6 is 7.82 Å². The zero-order valence-electron chi connectivity index (χ0n) is 18.7. The molecule has 29 heavy (non-hydrogen) atoms. The first-order valence-corrected chi connectivity index (χ1v) is 18.7. The van der Waals surface area contributed by atoms with Crippen LogP contribution in [0.1, 0.15) is 11.1 Å². The molecule has 7 nitrogen and oxygen atoms in total. The van der Waals surface area contributed by atoms with Gasteiger partial charge >= 0.3 is 13.9 Å². The van der Waals surface area contributed by atoms with E-state index >= 15 is 0 Å². The summed E-state index contributed by atoms with van der Waals surface area (Å²) in [5, 5.41) is 0. The molecule has 0 spiro atoms. The van der Waals surface area contributed by atoms with Gasteiger partial charge in [0, 0.05) is 21.7 Å². The number of hydrogen-bond acceptors (Lipinski definition) is 6. The number of para-hydroxylation sites is 1. The van der Waals surface area contributed by atoms with Gasteiger partial charge in [0.25, 0.3) is 0 Å². The number of nitrogens with two attached hydrogens (primary N) is 1. The third-order valence-corrected chi connectivity index (χ3v) is 8.88. The van der Waals surface area contributed by atoms with E-state index in [1.165, 1.54) is 0 Å². The molecule has 0 saturated heterocycles. The molecule has 0 saturated carbocycles. The average Bonchev–Trinajstić information content (AvgIpc) is 2.53. The van der Waals surface area contributed by atoms with Crippen LogP contribution in [0.5, 0.6) is 5.75 Å². The minimum Gasteiger partial charge on any atom is -0.445 e. The topological polar surface area (TPSA) is 97.1 Å². The van der Waals surface area contributed by atoms with E-state index in [0.717, 1.165) is 17.7 Å². The molecule has 166 valence electrons. The minimum absolute atomic E-state index is 0.0871. The second kappa shape index (κ2) is 10.8. The van der Waals surface area contributed by atoms with Gasteiger partial charge in [-0.15, -0.1) is 0 Å². The lowest BCUT2D eigenvalue weighted by molar-refractivity contribution is 0.147. The Labute approximate surface area is 176 Å². The van der Waals surface area contributed by atoms with E-state index in [1.807, 2.05) is 13.0 Å². The number of carbonyl (C=O) groups is 1. The second-order valence-electron chi connectivity index (χ2n) is 9.50. The van der Waals surface area contributed by atoms with Crippen molar-refractivity contribution in [2.75, 3.05) is 13.2 Å². The number of carbonyl (C=O) groups excluding carboxylic acids is 1. The Morgan fingerprint density at radius 2 is 1.52 bits per heavy atom. The predicted octanol–water partition coefficient (Wildman–Crippen LogP) is 5.79. The van der Waals surface area contributed by atoms with E-state index in [2.05, 4.69) is 39.3 Å². The van der Waals surface area contributed by atoms with Gasteiger partial charge in [-0.1, -0.05) is 57.5 Å². The molecule has 2 N–H and O–H groups in total. The molecule has 10 heteroatoms. The Morgan fingerprint density at radius 3 is 1.97 bits per heavy atom. The number of aryl methyl sites for hydroxylation is 1. The van der Waals surface area contributed by atoms with Crippen LogP contribution in [0.2, 0.25) is 51.4 Å². The van der Waals surface area contributed by atoms with E-state index in [-0.39, 0.29) is 6.61 Å².